The van der Waals surface area contributed by atoms with Crippen LogP contribution in [0.2, 0.25) is 0 Å². The first-order chi connectivity index (χ1) is 12.3. The Morgan fingerprint density at radius 2 is 1.28 bits per heavy atom. The minimum absolute atomic E-state index is 0.546. The molecule has 2 heteroatoms. The molecule has 25 heavy (non-hydrogen) atoms. The maximum atomic E-state index is 6.14. The predicted molar refractivity (Wildman–Crippen MR) is 105 cm³/mol. The third-order valence-electron chi connectivity index (χ3n) is 4.37. The minimum Gasteiger partial charge on any atom is -0.488 e. The SMILES string of the molecule is Nc1cccc2c(-c3ccccc3OCc3ccccc3)cccc12. The second-order valence-corrected chi connectivity index (χ2v) is 6.02. The van der Waals surface area contributed by atoms with Crippen molar-refractivity contribution in [2.45, 2.75) is 6.61 Å². The van der Waals surface area contributed by atoms with Crippen molar-refractivity contribution in [3.63, 3.8) is 0 Å². The first-order valence-corrected chi connectivity index (χ1v) is 8.36. The maximum absolute atomic E-state index is 6.14. The number of nitrogens with two attached hydrogens (primary N) is 1. The van der Waals surface area contributed by atoms with E-state index in [9.17, 15) is 0 Å². The standard InChI is InChI=1S/C23H19NO/c24-22-14-7-12-18-19(11-6-13-20(18)22)21-10-4-5-15-23(21)25-16-17-8-2-1-3-9-17/h1-15H,16,24H2. The van der Waals surface area contributed by atoms with Crippen LogP contribution in [0.25, 0.3) is 21.9 Å². The maximum Gasteiger partial charge on any atom is 0.127 e. The molecule has 0 aliphatic rings. The van der Waals surface area contributed by atoms with Gasteiger partial charge in [-0.1, -0.05) is 78.9 Å². The van der Waals surface area contributed by atoms with Gasteiger partial charge in [-0.25, -0.2) is 0 Å². The van der Waals surface area contributed by atoms with Crippen LogP contribution < -0.4 is 10.5 Å². The lowest BCUT2D eigenvalue weighted by atomic mass is 9.97. The Morgan fingerprint density at radius 3 is 2.16 bits per heavy atom. The normalized spacial score (nSPS) is 10.7. The minimum atomic E-state index is 0.546. The molecule has 0 aromatic heterocycles. The molecule has 0 aliphatic heterocycles. The number of rotatable bonds is 4. The molecule has 4 aromatic carbocycles. The molecule has 0 spiro atoms. The largest absolute Gasteiger partial charge is 0.488 e. The summed E-state index contributed by atoms with van der Waals surface area (Å²) < 4.78 is 6.13. The molecule has 0 saturated heterocycles. The van der Waals surface area contributed by atoms with Crippen LogP contribution in [0.5, 0.6) is 5.75 Å². The number of fused-ring (bicyclic) bond motifs is 1. The number of hydrogen-bond donors (Lipinski definition) is 1. The van der Waals surface area contributed by atoms with Crippen molar-refractivity contribution in [1.29, 1.82) is 0 Å². The molecule has 0 unspecified atom stereocenters. The van der Waals surface area contributed by atoms with Gasteiger partial charge in [0.1, 0.15) is 12.4 Å². The number of nitrogen functional groups attached to an aromatic ring is 1. The molecule has 2 N–H and O–H groups in total. The lowest BCUT2D eigenvalue weighted by molar-refractivity contribution is 0.307. The predicted octanol–water partition coefficient (Wildman–Crippen LogP) is 5.67. The van der Waals surface area contributed by atoms with E-state index in [1.807, 2.05) is 54.6 Å². The molecule has 2 nitrogen and oxygen atoms in total. The third kappa shape index (κ3) is 3.07. The summed E-state index contributed by atoms with van der Waals surface area (Å²) in [7, 11) is 0. The Balaban J connectivity index is 1.76. The van der Waals surface area contributed by atoms with Gasteiger partial charge in [0.15, 0.2) is 0 Å². The van der Waals surface area contributed by atoms with E-state index in [4.69, 9.17) is 10.5 Å². The summed E-state index contributed by atoms with van der Waals surface area (Å²) in [5.74, 6) is 0.876. The summed E-state index contributed by atoms with van der Waals surface area (Å²) in [6, 6.07) is 30.6. The summed E-state index contributed by atoms with van der Waals surface area (Å²) in [5.41, 5.74) is 10.3. The second-order valence-electron chi connectivity index (χ2n) is 6.02. The van der Waals surface area contributed by atoms with Gasteiger partial charge in [0.25, 0.3) is 0 Å². The lowest BCUT2D eigenvalue weighted by Crippen LogP contribution is -1.97. The summed E-state index contributed by atoms with van der Waals surface area (Å²) >= 11 is 0. The van der Waals surface area contributed by atoms with E-state index in [1.54, 1.807) is 0 Å². The second kappa shape index (κ2) is 6.70. The quantitative estimate of drug-likeness (QED) is 0.491. The van der Waals surface area contributed by atoms with Gasteiger partial charge in [-0.3, -0.25) is 0 Å². The van der Waals surface area contributed by atoms with Gasteiger partial charge >= 0.3 is 0 Å². The van der Waals surface area contributed by atoms with E-state index in [-0.39, 0.29) is 0 Å². The van der Waals surface area contributed by atoms with Gasteiger partial charge in [-0.2, -0.15) is 0 Å². The molecule has 4 rings (SSSR count). The van der Waals surface area contributed by atoms with Crippen LogP contribution in [-0.2, 0) is 6.61 Å². The van der Waals surface area contributed by atoms with E-state index >= 15 is 0 Å². The molecule has 4 aromatic rings. The first-order valence-electron chi connectivity index (χ1n) is 8.36. The van der Waals surface area contributed by atoms with E-state index in [1.165, 1.54) is 0 Å². The fourth-order valence-corrected chi connectivity index (χ4v) is 3.12. The number of benzene rings is 4. The molecule has 0 radical (unpaired) electrons. The summed E-state index contributed by atoms with van der Waals surface area (Å²) in [4.78, 5) is 0. The monoisotopic (exact) mass is 325 g/mol. The smallest absolute Gasteiger partial charge is 0.127 e. The molecule has 0 bridgehead atoms. The highest BCUT2D eigenvalue weighted by Gasteiger charge is 2.10. The van der Waals surface area contributed by atoms with E-state index in [0.29, 0.717) is 6.61 Å². The average Bonchev–Trinajstić information content (AvgIpc) is 2.67. The Labute approximate surface area is 147 Å². The van der Waals surface area contributed by atoms with Crippen molar-refractivity contribution in [3.05, 3.63) is 96.6 Å². The zero-order valence-corrected chi connectivity index (χ0v) is 13.9. The highest BCUT2D eigenvalue weighted by Crippen LogP contribution is 2.36. The van der Waals surface area contributed by atoms with Crippen LogP contribution in [0.1, 0.15) is 5.56 Å². The van der Waals surface area contributed by atoms with Gasteiger partial charge in [0.2, 0.25) is 0 Å². The molecule has 0 heterocycles. The van der Waals surface area contributed by atoms with Crippen molar-refractivity contribution in [3.8, 4) is 16.9 Å². The topological polar surface area (TPSA) is 35.2 Å². The number of ether oxygens (including phenoxy) is 1. The highest BCUT2D eigenvalue weighted by molar-refractivity contribution is 6.03. The van der Waals surface area contributed by atoms with Crippen molar-refractivity contribution in [1.82, 2.24) is 0 Å². The zero-order chi connectivity index (χ0) is 17.1. The highest BCUT2D eigenvalue weighted by atomic mass is 16.5. The van der Waals surface area contributed by atoms with Crippen molar-refractivity contribution in [2.24, 2.45) is 0 Å². The van der Waals surface area contributed by atoms with Crippen LogP contribution >= 0.6 is 0 Å². The molecule has 0 fully saturated rings. The van der Waals surface area contributed by atoms with E-state index in [2.05, 4.69) is 36.4 Å². The molecule has 0 saturated carbocycles. The Morgan fingerprint density at radius 1 is 0.600 bits per heavy atom. The van der Waals surface area contributed by atoms with Crippen molar-refractivity contribution in [2.75, 3.05) is 5.73 Å². The summed E-state index contributed by atoms with van der Waals surface area (Å²) in [5, 5.41) is 2.20. The van der Waals surface area contributed by atoms with Gasteiger partial charge in [-0.15, -0.1) is 0 Å². The van der Waals surface area contributed by atoms with Gasteiger partial charge < -0.3 is 10.5 Å². The number of hydrogen-bond acceptors (Lipinski definition) is 2. The molecule has 122 valence electrons. The molecule has 0 amide bonds. The summed E-state index contributed by atoms with van der Waals surface area (Å²) in [6.07, 6.45) is 0. The van der Waals surface area contributed by atoms with Crippen LogP contribution in [0.15, 0.2) is 91.0 Å². The van der Waals surface area contributed by atoms with Gasteiger partial charge in [0, 0.05) is 16.6 Å². The van der Waals surface area contributed by atoms with Crippen LogP contribution in [0.3, 0.4) is 0 Å². The Bertz CT molecular complexity index is 1010. The van der Waals surface area contributed by atoms with Crippen LogP contribution in [0, 0.1) is 0 Å². The van der Waals surface area contributed by atoms with Crippen LogP contribution in [0.4, 0.5) is 5.69 Å². The lowest BCUT2D eigenvalue weighted by Gasteiger charge is -2.14. The van der Waals surface area contributed by atoms with Crippen LogP contribution in [-0.4, -0.2) is 0 Å². The molecular weight excluding hydrogens is 306 g/mol. The Hall–Kier alpha value is -3.26. The van der Waals surface area contributed by atoms with E-state index in [0.717, 1.165) is 38.9 Å². The third-order valence-corrected chi connectivity index (χ3v) is 4.37. The molecule has 0 aliphatic carbocycles. The Kier molecular flexibility index (Phi) is 4.09. The van der Waals surface area contributed by atoms with Gasteiger partial charge in [-0.05, 0) is 28.6 Å². The fraction of sp³-hybridized carbons (Fsp3) is 0.0435. The summed E-state index contributed by atoms with van der Waals surface area (Å²) in [6.45, 7) is 0.546. The van der Waals surface area contributed by atoms with Crippen molar-refractivity contribution >= 4 is 16.5 Å². The fourth-order valence-electron chi connectivity index (χ4n) is 3.12. The molecular formula is C23H19NO. The zero-order valence-electron chi connectivity index (χ0n) is 13.9. The van der Waals surface area contributed by atoms with Gasteiger partial charge in [0.05, 0.1) is 0 Å². The average molecular weight is 325 g/mol. The van der Waals surface area contributed by atoms with Crippen molar-refractivity contribution < 1.29 is 4.74 Å². The molecule has 0 atom stereocenters. The number of anilines is 1. The van der Waals surface area contributed by atoms with E-state index < -0.39 is 0 Å². The first kappa shape index (κ1) is 15.3. The number of para-hydroxylation sites is 1.